The Morgan fingerprint density at radius 1 is 1.30 bits per heavy atom. The summed E-state index contributed by atoms with van der Waals surface area (Å²) in [6, 6.07) is 8.36. The zero-order valence-electron chi connectivity index (χ0n) is 15.3. The van der Waals surface area contributed by atoms with Crippen molar-refractivity contribution < 1.29 is 18.7 Å². The first-order valence-corrected chi connectivity index (χ1v) is 9.22. The number of halogens is 2. The molecule has 1 N–H and O–H groups in total. The van der Waals surface area contributed by atoms with E-state index in [-0.39, 0.29) is 12.8 Å². The maximum Gasteiger partial charge on any atom is 0.259 e. The first kappa shape index (κ1) is 19.6. The number of azide groups is 1. The lowest BCUT2D eigenvalue weighted by Gasteiger charge is -2.42. The summed E-state index contributed by atoms with van der Waals surface area (Å²) in [5.74, 6) is -4.25. The van der Waals surface area contributed by atoms with Crippen LogP contribution in [0.25, 0.3) is 10.4 Å². The van der Waals surface area contributed by atoms with Crippen molar-refractivity contribution in [3.63, 3.8) is 0 Å². The Bertz CT molecular complexity index is 743. The quantitative estimate of drug-likeness (QED) is 0.487. The first-order valence-electron chi connectivity index (χ1n) is 9.22. The van der Waals surface area contributed by atoms with E-state index in [4.69, 9.17) is 5.53 Å². The largest absolute Gasteiger partial charge is 0.375 e. The van der Waals surface area contributed by atoms with Crippen LogP contribution in [0.1, 0.15) is 44.6 Å². The summed E-state index contributed by atoms with van der Waals surface area (Å²) >= 11 is 0. The van der Waals surface area contributed by atoms with Gasteiger partial charge >= 0.3 is 0 Å². The van der Waals surface area contributed by atoms with Crippen LogP contribution in [0.4, 0.5) is 8.78 Å². The van der Waals surface area contributed by atoms with Gasteiger partial charge in [-0.2, -0.15) is 0 Å². The van der Waals surface area contributed by atoms with Gasteiger partial charge in [-0.3, -0.25) is 4.79 Å². The molecule has 1 aliphatic heterocycles. The molecule has 0 radical (unpaired) electrons. The molecule has 0 bridgehead atoms. The van der Waals surface area contributed by atoms with Crippen LogP contribution in [-0.4, -0.2) is 40.5 Å². The second kappa shape index (κ2) is 7.09. The van der Waals surface area contributed by atoms with Crippen molar-refractivity contribution in [2.24, 2.45) is 11.0 Å². The number of likely N-dealkylation sites (tertiary alicyclic amines) is 1. The second-order valence-corrected chi connectivity index (χ2v) is 7.91. The van der Waals surface area contributed by atoms with Crippen molar-refractivity contribution in [3.8, 4) is 0 Å². The van der Waals surface area contributed by atoms with Crippen LogP contribution >= 0.6 is 0 Å². The van der Waals surface area contributed by atoms with Gasteiger partial charge in [0.1, 0.15) is 0 Å². The Labute approximate surface area is 156 Å². The number of carbonyl (C=O) groups is 1. The number of benzene rings is 1. The number of hydrogen-bond acceptors (Lipinski definition) is 3. The van der Waals surface area contributed by atoms with E-state index in [2.05, 4.69) is 10.0 Å². The molecule has 2 aliphatic rings. The number of hydrogen-bond donors (Lipinski definition) is 1. The SMILES string of the molecule is CC1(N=[N+]=[N-])CCN(C(=O)C(O)(c2ccccc2)[C@@H]2CCC(F)(F)C2)CC1. The third-order valence-electron chi connectivity index (χ3n) is 5.95. The third-order valence-corrected chi connectivity index (χ3v) is 5.95. The Kier molecular flexibility index (Phi) is 5.14. The van der Waals surface area contributed by atoms with Crippen LogP contribution in [0.3, 0.4) is 0 Å². The Morgan fingerprint density at radius 3 is 2.44 bits per heavy atom. The van der Waals surface area contributed by atoms with E-state index >= 15 is 0 Å². The predicted molar refractivity (Wildman–Crippen MR) is 96.0 cm³/mol. The van der Waals surface area contributed by atoms with Crippen LogP contribution in [0.15, 0.2) is 35.4 Å². The van der Waals surface area contributed by atoms with Crippen LogP contribution < -0.4 is 0 Å². The highest BCUT2D eigenvalue weighted by atomic mass is 19.3. The Morgan fingerprint density at radius 2 is 1.93 bits per heavy atom. The van der Waals surface area contributed by atoms with Crippen molar-refractivity contribution in [3.05, 3.63) is 46.3 Å². The maximum absolute atomic E-state index is 13.9. The summed E-state index contributed by atoms with van der Waals surface area (Å²) in [5, 5.41) is 15.3. The molecule has 146 valence electrons. The lowest BCUT2D eigenvalue weighted by Crippen LogP contribution is -2.54. The fourth-order valence-corrected chi connectivity index (χ4v) is 4.17. The monoisotopic (exact) mass is 378 g/mol. The van der Waals surface area contributed by atoms with Gasteiger partial charge in [0.2, 0.25) is 5.92 Å². The van der Waals surface area contributed by atoms with E-state index in [1.807, 2.05) is 6.92 Å². The fourth-order valence-electron chi connectivity index (χ4n) is 4.17. The van der Waals surface area contributed by atoms with Crippen LogP contribution in [0.5, 0.6) is 0 Å². The van der Waals surface area contributed by atoms with Crippen molar-refractivity contribution in [2.45, 2.75) is 56.1 Å². The number of carbonyl (C=O) groups excluding carboxylic acids is 1. The Balaban J connectivity index is 1.88. The molecule has 3 rings (SSSR count). The minimum atomic E-state index is -2.87. The molecule has 0 aromatic heterocycles. The molecule has 6 nitrogen and oxygen atoms in total. The standard InChI is InChI=1S/C19H24F2N4O2/c1-17(23-24-22)9-11-25(12-10-17)16(26)19(27,14-5-3-2-4-6-14)15-7-8-18(20,21)13-15/h2-6,15,27H,7-13H2,1H3/t15-,19?/m1/s1. The van der Waals surface area contributed by atoms with Gasteiger partial charge in [0.05, 0.1) is 0 Å². The summed E-state index contributed by atoms with van der Waals surface area (Å²) in [7, 11) is 0. The molecule has 27 heavy (non-hydrogen) atoms. The van der Waals surface area contributed by atoms with Gasteiger partial charge in [-0.15, -0.1) is 0 Å². The number of alkyl halides is 2. The summed E-state index contributed by atoms with van der Waals surface area (Å²) in [5.41, 5.74) is 6.49. The Hall–Kier alpha value is -2.18. The van der Waals surface area contributed by atoms with Gasteiger partial charge in [-0.1, -0.05) is 42.4 Å². The highest BCUT2D eigenvalue weighted by Crippen LogP contribution is 2.48. The smallest absolute Gasteiger partial charge is 0.259 e. The van der Waals surface area contributed by atoms with Gasteiger partial charge in [0.15, 0.2) is 5.60 Å². The molecule has 2 atom stereocenters. The number of piperidine rings is 1. The van der Waals surface area contributed by atoms with Crippen LogP contribution in [0.2, 0.25) is 0 Å². The summed E-state index contributed by atoms with van der Waals surface area (Å²) < 4.78 is 27.7. The average Bonchev–Trinajstić information content (AvgIpc) is 3.02. The van der Waals surface area contributed by atoms with Gasteiger partial charge in [0, 0.05) is 42.3 Å². The van der Waals surface area contributed by atoms with Crippen molar-refractivity contribution in [1.29, 1.82) is 0 Å². The van der Waals surface area contributed by atoms with E-state index in [0.717, 1.165) is 0 Å². The third kappa shape index (κ3) is 3.77. The lowest BCUT2D eigenvalue weighted by atomic mass is 9.78. The molecular weight excluding hydrogens is 354 g/mol. The molecular formula is C19H24F2N4O2. The second-order valence-electron chi connectivity index (χ2n) is 7.91. The zero-order chi connectivity index (χ0) is 19.7. The molecule has 1 amide bonds. The zero-order valence-corrected chi connectivity index (χ0v) is 15.3. The minimum Gasteiger partial charge on any atom is -0.375 e. The lowest BCUT2D eigenvalue weighted by molar-refractivity contribution is -0.162. The number of nitrogens with zero attached hydrogens (tertiary/aromatic N) is 4. The van der Waals surface area contributed by atoms with Gasteiger partial charge < -0.3 is 10.0 Å². The van der Waals surface area contributed by atoms with E-state index in [0.29, 0.717) is 31.5 Å². The molecule has 1 aliphatic carbocycles. The normalized spacial score (nSPS) is 26.1. The summed E-state index contributed by atoms with van der Waals surface area (Å²) in [4.78, 5) is 17.7. The predicted octanol–water partition coefficient (Wildman–Crippen LogP) is 4.00. The van der Waals surface area contributed by atoms with E-state index in [1.54, 1.807) is 30.3 Å². The van der Waals surface area contributed by atoms with Crippen molar-refractivity contribution >= 4 is 5.91 Å². The maximum atomic E-state index is 13.9. The first-order chi connectivity index (χ1) is 12.7. The van der Waals surface area contributed by atoms with E-state index in [9.17, 15) is 18.7 Å². The van der Waals surface area contributed by atoms with Crippen molar-refractivity contribution in [1.82, 2.24) is 4.90 Å². The fraction of sp³-hybridized carbons (Fsp3) is 0.632. The minimum absolute atomic E-state index is 0.0917. The summed E-state index contributed by atoms with van der Waals surface area (Å²) in [6.45, 7) is 2.45. The highest BCUT2D eigenvalue weighted by Gasteiger charge is 2.54. The van der Waals surface area contributed by atoms with Gasteiger partial charge in [-0.25, -0.2) is 8.78 Å². The molecule has 0 spiro atoms. The molecule has 1 heterocycles. The van der Waals surface area contributed by atoms with E-state index in [1.165, 1.54) is 4.90 Å². The summed E-state index contributed by atoms with van der Waals surface area (Å²) in [6.07, 6.45) is 0.195. The molecule has 8 heteroatoms. The number of amides is 1. The number of rotatable bonds is 4. The van der Waals surface area contributed by atoms with Crippen LogP contribution in [-0.2, 0) is 10.4 Å². The number of aliphatic hydroxyl groups is 1. The topological polar surface area (TPSA) is 89.3 Å². The average molecular weight is 378 g/mol. The van der Waals surface area contributed by atoms with Crippen molar-refractivity contribution in [2.75, 3.05) is 13.1 Å². The van der Waals surface area contributed by atoms with E-state index < -0.39 is 35.3 Å². The molecule has 1 saturated heterocycles. The molecule has 2 fully saturated rings. The molecule has 1 aromatic carbocycles. The highest BCUT2D eigenvalue weighted by molar-refractivity contribution is 5.87. The molecule has 1 unspecified atom stereocenters. The van der Waals surface area contributed by atoms with Gasteiger partial charge in [-0.05, 0) is 30.4 Å². The molecule has 1 aromatic rings. The van der Waals surface area contributed by atoms with Crippen LogP contribution in [0, 0.1) is 5.92 Å². The van der Waals surface area contributed by atoms with Gasteiger partial charge in [0.25, 0.3) is 5.91 Å². The molecule has 1 saturated carbocycles.